The van der Waals surface area contributed by atoms with Crippen LogP contribution < -0.4 is 5.32 Å². The number of oxazole rings is 1. The predicted octanol–water partition coefficient (Wildman–Crippen LogP) is 6.10. The molecule has 0 fully saturated rings. The van der Waals surface area contributed by atoms with Crippen LogP contribution in [0.5, 0.6) is 0 Å². The average molecular weight is 395 g/mol. The number of aryl methyl sites for hydroxylation is 1. The van der Waals surface area contributed by atoms with Gasteiger partial charge >= 0.3 is 0 Å². The van der Waals surface area contributed by atoms with E-state index < -0.39 is 5.82 Å². The van der Waals surface area contributed by atoms with Crippen LogP contribution in [-0.4, -0.2) is 10.9 Å². The first-order valence-corrected chi connectivity index (χ1v) is 9.17. The van der Waals surface area contributed by atoms with E-state index in [1.54, 1.807) is 18.2 Å². The lowest BCUT2D eigenvalue weighted by Crippen LogP contribution is -2.11. The first-order chi connectivity index (χ1) is 13.5. The van der Waals surface area contributed by atoms with Crippen LogP contribution in [0.15, 0.2) is 65.1 Å². The zero-order valence-corrected chi connectivity index (χ0v) is 15.8. The van der Waals surface area contributed by atoms with E-state index in [2.05, 4.69) is 17.2 Å². The summed E-state index contributed by atoms with van der Waals surface area (Å²) in [6.45, 7) is 2.08. The molecule has 3 aromatic carbocycles. The van der Waals surface area contributed by atoms with Crippen molar-refractivity contribution in [3.8, 4) is 11.5 Å². The monoisotopic (exact) mass is 394 g/mol. The van der Waals surface area contributed by atoms with Crippen LogP contribution in [0.2, 0.25) is 5.02 Å². The molecule has 1 aromatic heterocycles. The Bertz CT molecular complexity index is 1170. The summed E-state index contributed by atoms with van der Waals surface area (Å²) in [5, 5.41) is 3.24. The van der Waals surface area contributed by atoms with E-state index in [0.717, 1.165) is 11.9 Å². The molecule has 0 saturated heterocycles. The van der Waals surface area contributed by atoms with Crippen molar-refractivity contribution >= 4 is 34.3 Å². The fraction of sp³-hybridized carbons (Fsp3) is 0.0909. The molecule has 0 aliphatic rings. The maximum atomic E-state index is 13.0. The SMILES string of the molecule is CCc1ccc2oc(-c3cc(NC(=O)c4ccc(F)cc4)ccc3Cl)nc2c1. The molecule has 0 aliphatic heterocycles. The van der Waals surface area contributed by atoms with Crippen molar-refractivity contribution in [2.45, 2.75) is 13.3 Å². The van der Waals surface area contributed by atoms with Gasteiger partial charge in [0.25, 0.3) is 5.91 Å². The van der Waals surface area contributed by atoms with Gasteiger partial charge in [-0.15, -0.1) is 0 Å². The Hall–Kier alpha value is -3.18. The van der Waals surface area contributed by atoms with Gasteiger partial charge < -0.3 is 9.73 Å². The highest BCUT2D eigenvalue weighted by molar-refractivity contribution is 6.33. The lowest BCUT2D eigenvalue weighted by atomic mass is 10.1. The first kappa shape index (κ1) is 18.2. The summed E-state index contributed by atoms with van der Waals surface area (Å²) in [5.41, 5.74) is 4.05. The minimum absolute atomic E-state index is 0.349. The van der Waals surface area contributed by atoms with E-state index in [-0.39, 0.29) is 5.91 Å². The van der Waals surface area contributed by atoms with Gasteiger partial charge in [-0.1, -0.05) is 24.6 Å². The molecule has 0 bridgehead atoms. The van der Waals surface area contributed by atoms with Crippen molar-refractivity contribution in [3.05, 3.63) is 82.6 Å². The summed E-state index contributed by atoms with van der Waals surface area (Å²) in [5.74, 6) is -0.364. The smallest absolute Gasteiger partial charge is 0.255 e. The lowest BCUT2D eigenvalue weighted by Gasteiger charge is -2.07. The third-order valence-corrected chi connectivity index (χ3v) is 4.75. The van der Waals surface area contributed by atoms with Gasteiger partial charge in [0.2, 0.25) is 5.89 Å². The topological polar surface area (TPSA) is 55.1 Å². The Balaban J connectivity index is 1.65. The number of hydrogen-bond acceptors (Lipinski definition) is 3. The fourth-order valence-electron chi connectivity index (χ4n) is 2.88. The van der Waals surface area contributed by atoms with Crippen molar-refractivity contribution in [1.29, 1.82) is 0 Å². The molecule has 4 nitrogen and oxygen atoms in total. The molecule has 0 radical (unpaired) electrons. The van der Waals surface area contributed by atoms with Crippen LogP contribution in [0.3, 0.4) is 0 Å². The third-order valence-electron chi connectivity index (χ3n) is 4.42. The molecule has 28 heavy (non-hydrogen) atoms. The molecule has 4 aromatic rings. The van der Waals surface area contributed by atoms with Crippen LogP contribution in [0.25, 0.3) is 22.6 Å². The summed E-state index contributed by atoms with van der Waals surface area (Å²) in [6, 6.07) is 16.3. The average Bonchev–Trinajstić information content (AvgIpc) is 3.12. The van der Waals surface area contributed by atoms with E-state index in [4.69, 9.17) is 16.0 Å². The quantitative estimate of drug-likeness (QED) is 0.455. The van der Waals surface area contributed by atoms with Gasteiger partial charge in [0.05, 0.1) is 10.6 Å². The molecule has 140 valence electrons. The lowest BCUT2D eigenvalue weighted by molar-refractivity contribution is 0.102. The van der Waals surface area contributed by atoms with Crippen LogP contribution in [0.1, 0.15) is 22.8 Å². The largest absolute Gasteiger partial charge is 0.436 e. The molecular formula is C22H16ClFN2O2. The number of halogens is 2. The van der Waals surface area contributed by atoms with Crippen LogP contribution in [0.4, 0.5) is 10.1 Å². The van der Waals surface area contributed by atoms with Crippen molar-refractivity contribution in [2.24, 2.45) is 0 Å². The summed E-state index contributed by atoms with van der Waals surface area (Å²) in [4.78, 5) is 16.9. The molecule has 0 aliphatic carbocycles. The number of fused-ring (bicyclic) bond motifs is 1. The molecule has 0 unspecified atom stereocenters. The maximum Gasteiger partial charge on any atom is 0.255 e. The number of aromatic nitrogens is 1. The highest BCUT2D eigenvalue weighted by Gasteiger charge is 2.14. The minimum atomic E-state index is -0.396. The zero-order valence-electron chi connectivity index (χ0n) is 15.0. The predicted molar refractivity (Wildman–Crippen MR) is 108 cm³/mol. The van der Waals surface area contributed by atoms with Crippen LogP contribution >= 0.6 is 11.6 Å². The van der Waals surface area contributed by atoms with Crippen molar-refractivity contribution in [1.82, 2.24) is 4.98 Å². The Morgan fingerprint density at radius 3 is 2.64 bits per heavy atom. The third kappa shape index (κ3) is 3.62. The highest BCUT2D eigenvalue weighted by Crippen LogP contribution is 2.32. The fourth-order valence-corrected chi connectivity index (χ4v) is 3.08. The van der Waals surface area contributed by atoms with Gasteiger partial charge in [-0.3, -0.25) is 4.79 Å². The van der Waals surface area contributed by atoms with E-state index >= 15 is 0 Å². The molecule has 0 atom stereocenters. The van der Waals surface area contributed by atoms with Gasteiger partial charge in [-0.2, -0.15) is 0 Å². The van der Waals surface area contributed by atoms with Gasteiger partial charge in [-0.05, 0) is 66.6 Å². The van der Waals surface area contributed by atoms with Crippen molar-refractivity contribution in [2.75, 3.05) is 5.32 Å². The number of benzene rings is 3. The second-order valence-corrected chi connectivity index (χ2v) is 6.74. The Morgan fingerprint density at radius 2 is 1.89 bits per heavy atom. The molecule has 1 N–H and O–H groups in total. The number of hydrogen-bond donors (Lipinski definition) is 1. The molecule has 1 amide bonds. The molecule has 0 spiro atoms. The van der Waals surface area contributed by atoms with Gasteiger partial charge in [0.15, 0.2) is 5.58 Å². The maximum absolute atomic E-state index is 13.0. The van der Waals surface area contributed by atoms with Gasteiger partial charge in [-0.25, -0.2) is 9.37 Å². The van der Waals surface area contributed by atoms with Crippen molar-refractivity contribution in [3.63, 3.8) is 0 Å². The normalized spacial score (nSPS) is 11.0. The van der Waals surface area contributed by atoms with Gasteiger partial charge in [0, 0.05) is 11.3 Å². The van der Waals surface area contributed by atoms with Crippen LogP contribution in [-0.2, 0) is 6.42 Å². The van der Waals surface area contributed by atoms with E-state index in [1.807, 2.05) is 18.2 Å². The molecule has 4 rings (SSSR count). The molecule has 1 heterocycles. The second-order valence-electron chi connectivity index (χ2n) is 6.33. The zero-order chi connectivity index (χ0) is 19.7. The summed E-state index contributed by atoms with van der Waals surface area (Å²) >= 11 is 6.33. The number of carbonyl (C=O) groups is 1. The second kappa shape index (κ2) is 7.44. The summed E-state index contributed by atoms with van der Waals surface area (Å²) in [6.07, 6.45) is 0.907. The molecule has 0 saturated carbocycles. The number of rotatable bonds is 4. The molecule has 6 heteroatoms. The standard InChI is InChI=1S/C22H16ClFN2O2/c1-2-13-3-10-20-19(11-13)26-22(28-20)17-12-16(8-9-18(17)23)25-21(27)14-4-6-15(24)7-5-14/h3-12H,2H2,1H3,(H,25,27). The Morgan fingerprint density at radius 1 is 1.11 bits per heavy atom. The van der Waals surface area contributed by atoms with E-state index in [9.17, 15) is 9.18 Å². The van der Waals surface area contributed by atoms with E-state index in [1.165, 1.54) is 29.8 Å². The van der Waals surface area contributed by atoms with Gasteiger partial charge in [0.1, 0.15) is 11.3 Å². The number of amides is 1. The number of nitrogens with one attached hydrogen (secondary N) is 1. The minimum Gasteiger partial charge on any atom is -0.436 e. The summed E-state index contributed by atoms with van der Waals surface area (Å²) in [7, 11) is 0. The van der Waals surface area contributed by atoms with E-state index in [0.29, 0.717) is 33.3 Å². The Labute approximate surface area is 166 Å². The number of nitrogens with zero attached hydrogens (tertiary/aromatic N) is 1. The van der Waals surface area contributed by atoms with Crippen LogP contribution in [0, 0.1) is 5.82 Å². The van der Waals surface area contributed by atoms with Crippen molar-refractivity contribution < 1.29 is 13.6 Å². The number of carbonyl (C=O) groups excluding carboxylic acids is 1. The summed E-state index contributed by atoms with van der Waals surface area (Å²) < 4.78 is 18.9. The first-order valence-electron chi connectivity index (χ1n) is 8.80. The highest BCUT2D eigenvalue weighted by atomic mass is 35.5. The molecular weight excluding hydrogens is 379 g/mol. The number of anilines is 1. The Kier molecular flexibility index (Phi) is 4.84.